The minimum Gasteiger partial charge on any atom is -0.320 e. The van der Waals surface area contributed by atoms with Gasteiger partial charge in [0.1, 0.15) is 5.82 Å². The number of nitrogens with zero attached hydrogens (tertiary/aromatic N) is 1. The summed E-state index contributed by atoms with van der Waals surface area (Å²) in [7, 11) is 0. The number of non-ortho nitro benzene ring substituents is 1. The zero-order chi connectivity index (χ0) is 14.9. The first-order valence-corrected chi connectivity index (χ1v) is 6.65. The van der Waals surface area contributed by atoms with Crippen molar-refractivity contribution >= 4 is 21.6 Å². The van der Waals surface area contributed by atoms with Crippen molar-refractivity contribution in [1.29, 1.82) is 0 Å². The van der Waals surface area contributed by atoms with Crippen molar-refractivity contribution in [3.63, 3.8) is 0 Å². The van der Waals surface area contributed by atoms with E-state index < -0.39 is 16.8 Å². The molecule has 0 spiro atoms. The van der Waals surface area contributed by atoms with Crippen LogP contribution in [-0.2, 0) is 0 Å². The van der Waals surface area contributed by atoms with Gasteiger partial charge in [-0.2, -0.15) is 0 Å². The highest BCUT2D eigenvalue weighted by Crippen LogP contribution is 2.29. The Kier molecular flexibility index (Phi) is 4.15. The molecule has 0 aliphatic carbocycles. The van der Waals surface area contributed by atoms with Crippen LogP contribution in [0.1, 0.15) is 22.7 Å². The normalized spacial score (nSPS) is 12.2. The monoisotopic (exact) mass is 338 g/mol. The number of aryl methyl sites for hydroxylation is 1. The number of hydrogen-bond donors (Lipinski definition) is 1. The van der Waals surface area contributed by atoms with Gasteiger partial charge in [0.15, 0.2) is 0 Å². The van der Waals surface area contributed by atoms with E-state index in [1.165, 1.54) is 18.2 Å². The fraction of sp³-hybridized carbons (Fsp3) is 0.143. The highest BCUT2D eigenvalue weighted by atomic mass is 79.9. The van der Waals surface area contributed by atoms with E-state index in [9.17, 15) is 14.5 Å². The Morgan fingerprint density at radius 1 is 1.25 bits per heavy atom. The van der Waals surface area contributed by atoms with Gasteiger partial charge in [-0.1, -0.05) is 28.1 Å². The molecule has 20 heavy (non-hydrogen) atoms. The van der Waals surface area contributed by atoms with E-state index in [-0.39, 0.29) is 5.69 Å². The Bertz CT molecular complexity index is 676. The number of benzene rings is 2. The van der Waals surface area contributed by atoms with E-state index in [4.69, 9.17) is 5.73 Å². The minimum absolute atomic E-state index is 0.0569. The van der Waals surface area contributed by atoms with Crippen LogP contribution in [-0.4, -0.2) is 4.92 Å². The van der Waals surface area contributed by atoms with Gasteiger partial charge in [0.05, 0.1) is 11.0 Å². The molecule has 0 saturated carbocycles. The molecule has 1 unspecified atom stereocenters. The highest BCUT2D eigenvalue weighted by molar-refractivity contribution is 9.10. The average molecular weight is 339 g/mol. The fourth-order valence-electron chi connectivity index (χ4n) is 2.00. The first-order valence-electron chi connectivity index (χ1n) is 5.85. The molecule has 0 radical (unpaired) electrons. The summed E-state index contributed by atoms with van der Waals surface area (Å²) in [4.78, 5) is 10.3. The summed E-state index contributed by atoms with van der Waals surface area (Å²) in [6, 6.07) is 8.24. The molecular formula is C14H12BrFN2O2. The quantitative estimate of drug-likeness (QED) is 0.682. The van der Waals surface area contributed by atoms with Crippen molar-refractivity contribution in [2.75, 3.05) is 0 Å². The maximum Gasteiger partial charge on any atom is 0.269 e. The molecule has 0 aliphatic heterocycles. The van der Waals surface area contributed by atoms with Gasteiger partial charge < -0.3 is 5.73 Å². The Morgan fingerprint density at radius 2 is 1.95 bits per heavy atom. The van der Waals surface area contributed by atoms with Crippen molar-refractivity contribution in [3.05, 3.63) is 73.5 Å². The summed E-state index contributed by atoms with van der Waals surface area (Å²) in [5.41, 5.74) is 7.63. The predicted octanol–water partition coefficient (Wildman–Crippen LogP) is 3.85. The first-order chi connectivity index (χ1) is 9.40. The van der Waals surface area contributed by atoms with Crippen LogP contribution in [0.15, 0.2) is 40.9 Å². The van der Waals surface area contributed by atoms with Crippen LogP contribution in [0.5, 0.6) is 0 Å². The second-order valence-corrected chi connectivity index (χ2v) is 5.36. The molecular weight excluding hydrogens is 327 g/mol. The van der Waals surface area contributed by atoms with Crippen LogP contribution >= 0.6 is 15.9 Å². The van der Waals surface area contributed by atoms with Crippen LogP contribution in [0, 0.1) is 22.9 Å². The Labute approximate surface area is 123 Å². The van der Waals surface area contributed by atoms with Gasteiger partial charge in [-0.3, -0.25) is 10.1 Å². The van der Waals surface area contributed by atoms with Crippen LogP contribution in [0.3, 0.4) is 0 Å². The van der Waals surface area contributed by atoms with Gasteiger partial charge in [-0.25, -0.2) is 4.39 Å². The van der Waals surface area contributed by atoms with Crippen LogP contribution < -0.4 is 5.73 Å². The predicted molar refractivity (Wildman–Crippen MR) is 78.0 cm³/mol. The molecule has 2 N–H and O–H groups in total. The molecule has 0 heterocycles. The van der Waals surface area contributed by atoms with E-state index in [0.29, 0.717) is 15.6 Å². The summed E-state index contributed by atoms with van der Waals surface area (Å²) < 4.78 is 14.5. The smallest absolute Gasteiger partial charge is 0.269 e. The van der Waals surface area contributed by atoms with E-state index in [1.807, 2.05) is 0 Å². The molecule has 1 atom stereocenters. The third kappa shape index (κ3) is 2.86. The van der Waals surface area contributed by atoms with Crippen molar-refractivity contribution in [2.45, 2.75) is 13.0 Å². The molecule has 4 nitrogen and oxygen atoms in total. The molecule has 0 saturated heterocycles. The molecule has 0 aromatic heterocycles. The zero-order valence-corrected chi connectivity index (χ0v) is 12.2. The molecule has 2 aromatic carbocycles. The second-order valence-electron chi connectivity index (χ2n) is 4.44. The van der Waals surface area contributed by atoms with Crippen molar-refractivity contribution in [3.8, 4) is 0 Å². The molecule has 2 rings (SSSR count). The summed E-state index contributed by atoms with van der Waals surface area (Å²) in [5.74, 6) is -0.446. The van der Waals surface area contributed by atoms with E-state index in [2.05, 4.69) is 15.9 Å². The van der Waals surface area contributed by atoms with Crippen LogP contribution in [0.2, 0.25) is 0 Å². The maximum atomic E-state index is 13.9. The van der Waals surface area contributed by atoms with Crippen molar-refractivity contribution < 1.29 is 9.31 Å². The van der Waals surface area contributed by atoms with Gasteiger partial charge >= 0.3 is 0 Å². The standard InChI is InChI=1S/C14H12BrFN2O2/c1-8-2-4-10(18(19)20)7-12(8)14(17)11-5-3-9(15)6-13(11)16/h2-7,14H,17H2,1H3. The number of nitrogens with two attached hydrogens (primary N) is 1. The van der Waals surface area contributed by atoms with Gasteiger partial charge in [0.25, 0.3) is 5.69 Å². The lowest BCUT2D eigenvalue weighted by Gasteiger charge is -2.16. The van der Waals surface area contributed by atoms with E-state index >= 15 is 0 Å². The number of hydrogen-bond acceptors (Lipinski definition) is 3. The van der Waals surface area contributed by atoms with E-state index in [0.717, 1.165) is 5.56 Å². The largest absolute Gasteiger partial charge is 0.320 e. The number of halogens is 2. The minimum atomic E-state index is -0.747. The highest BCUT2D eigenvalue weighted by Gasteiger charge is 2.18. The molecule has 104 valence electrons. The lowest BCUT2D eigenvalue weighted by molar-refractivity contribution is -0.384. The maximum absolute atomic E-state index is 13.9. The third-order valence-corrected chi connectivity index (χ3v) is 3.60. The number of nitro groups is 1. The van der Waals surface area contributed by atoms with Crippen molar-refractivity contribution in [2.24, 2.45) is 5.73 Å². The first kappa shape index (κ1) is 14.6. The number of rotatable bonds is 3. The molecule has 0 fully saturated rings. The zero-order valence-electron chi connectivity index (χ0n) is 10.6. The lowest BCUT2D eigenvalue weighted by atomic mass is 9.95. The van der Waals surface area contributed by atoms with Gasteiger partial charge in [0.2, 0.25) is 0 Å². The van der Waals surface area contributed by atoms with Crippen LogP contribution in [0.25, 0.3) is 0 Å². The lowest BCUT2D eigenvalue weighted by Crippen LogP contribution is -2.15. The SMILES string of the molecule is Cc1ccc([N+](=O)[O-])cc1C(N)c1ccc(Br)cc1F. The average Bonchev–Trinajstić information content (AvgIpc) is 2.38. The summed E-state index contributed by atoms with van der Waals surface area (Å²) in [6.45, 7) is 1.79. The Hall–Kier alpha value is -1.79. The Balaban J connectivity index is 2.49. The molecule has 2 aromatic rings. The summed E-state index contributed by atoms with van der Waals surface area (Å²) in [6.07, 6.45) is 0. The van der Waals surface area contributed by atoms with Gasteiger partial charge in [-0.15, -0.1) is 0 Å². The molecule has 6 heteroatoms. The Morgan fingerprint density at radius 3 is 2.55 bits per heavy atom. The molecule has 0 bridgehead atoms. The number of nitro benzene ring substituents is 1. The van der Waals surface area contributed by atoms with Gasteiger partial charge in [-0.05, 0) is 30.2 Å². The third-order valence-electron chi connectivity index (χ3n) is 3.11. The van der Waals surface area contributed by atoms with Gasteiger partial charge in [0, 0.05) is 22.2 Å². The fourth-order valence-corrected chi connectivity index (χ4v) is 2.33. The van der Waals surface area contributed by atoms with E-state index in [1.54, 1.807) is 25.1 Å². The van der Waals surface area contributed by atoms with Crippen molar-refractivity contribution in [1.82, 2.24) is 0 Å². The molecule has 0 amide bonds. The molecule has 0 aliphatic rings. The topological polar surface area (TPSA) is 69.2 Å². The summed E-state index contributed by atoms with van der Waals surface area (Å²) in [5, 5.41) is 10.8. The van der Waals surface area contributed by atoms with Crippen LogP contribution in [0.4, 0.5) is 10.1 Å². The summed E-state index contributed by atoms with van der Waals surface area (Å²) >= 11 is 3.18. The second kappa shape index (κ2) is 5.68.